The van der Waals surface area contributed by atoms with Gasteiger partial charge >= 0.3 is 5.97 Å². The molecule has 6 nitrogen and oxygen atoms in total. The van der Waals surface area contributed by atoms with Gasteiger partial charge in [-0.2, -0.15) is 0 Å². The molecule has 0 fully saturated rings. The summed E-state index contributed by atoms with van der Waals surface area (Å²) in [6, 6.07) is 10.9. The molecule has 1 aromatic carbocycles. The molecular formula is C15H14N2O4. The van der Waals surface area contributed by atoms with Crippen molar-refractivity contribution in [1.82, 2.24) is 5.16 Å². The molecule has 0 aliphatic rings. The van der Waals surface area contributed by atoms with Crippen molar-refractivity contribution in [3.05, 3.63) is 53.8 Å². The molecule has 6 heteroatoms. The van der Waals surface area contributed by atoms with Gasteiger partial charge in [0, 0.05) is 12.1 Å². The van der Waals surface area contributed by atoms with Crippen LogP contribution in [0, 0.1) is 6.92 Å². The third-order valence-corrected chi connectivity index (χ3v) is 2.45. The Balaban J connectivity index is 1.76. The van der Waals surface area contributed by atoms with Crippen molar-refractivity contribution in [2.24, 2.45) is 0 Å². The Kier molecular flexibility index (Phi) is 4.87. The van der Waals surface area contributed by atoms with Gasteiger partial charge in [-0.15, -0.1) is 0 Å². The first-order chi connectivity index (χ1) is 10.1. The molecule has 0 unspecified atom stereocenters. The summed E-state index contributed by atoms with van der Waals surface area (Å²) in [5.74, 6) is -0.212. The van der Waals surface area contributed by atoms with Crippen LogP contribution in [0.25, 0.3) is 6.08 Å². The Morgan fingerprint density at radius 3 is 2.76 bits per heavy atom. The Morgan fingerprint density at radius 1 is 1.33 bits per heavy atom. The van der Waals surface area contributed by atoms with Crippen molar-refractivity contribution in [1.29, 1.82) is 0 Å². The number of carbonyl (C=O) groups excluding carboxylic acids is 2. The Hall–Kier alpha value is -2.89. The molecule has 0 aliphatic heterocycles. The van der Waals surface area contributed by atoms with E-state index in [0.29, 0.717) is 5.76 Å². The molecule has 0 saturated heterocycles. The van der Waals surface area contributed by atoms with E-state index < -0.39 is 11.9 Å². The Morgan fingerprint density at radius 2 is 2.10 bits per heavy atom. The average molecular weight is 286 g/mol. The van der Waals surface area contributed by atoms with Crippen molar-refractivity contribution >= 4 is 23.8 Å². The summed E-state index contributed by atoms with van der Waals surface area (Å²) in [5.41, 5.74) is 0.872. The van der Waals surface area contributed by atoms with E-state index in [0.717, 1.165) is 5.56 Å². The first kappa shape index (κ1) is 14.5. The van der Waals surface area contributed by atoms with Crippen LogP contribution >= 0.6 is 0 Å². The summed E-state index contributed by atoms with van der Waals surface area (Å²) in [4.78, 5) is 23.0. The number of aromatic nitrogens is 1. The predicted octanol–water partition coefficient (Wildman–Crippen LogP) is 2.18. The van der Waals surface area contributed by atoms with Gasteiger partial charge in [-0.1, -0.05) is 35.5 Å². The minimum atomic E-state index is -0.592. The van der Waals surface area contributed by atoms with E-state index in [1.165, 1.54) is 6.08 Å². The lowest BCUT2D eigenvalue weighted by atomic mass is 10.2. The van der Waals surface area contributed by atoms with E-state index >= 15 is 0 Å². The second kappa shape index (κ2) is 7.04. The molecule has 0 atom stereocenters. The van der Waals surface area contributed by atoms with Crippen LogP contribution in [-0.4, -0.2) is 23.6 Å². The number of nitrogens with one attached hydrogen (secondary N) is 1. The second-order valence-corrected chi connectivity index (χ2v) is 4.22. The number of amides is 1. The fraction of sp³-hybridized carbons (Fsp3) is 0.133. The minimum absolute atomic E-state index is 0.286. The number of esters is 1. The van der Waals surface area contributed by atoms with E-state index in [4.69, 9.17) is 9.26 Å². The normalized spacial score (nSPS) is 10.5. The second-order valence-electron chi connectivity index (χ2n) is 4.22. The van der Waals surface area contributed by atoms with Gasteiger partial charge in [0.15, 0.2) is 12.4 Å². The first-order valence-electron chi connectivity index (χ1n) is 6.26. The number of anilines is 1. The quantitative estimate of drug-likeness (QED) is 0.673. The number of nitrogens with zero attached hydrogens (tertiary/aromatic N) is 1. The van der Waals surface area contributed by atoms with Crippen LogP contribution in [-0.2, 0) is 14.3 Å². The molecule has 1 N–H and O–H groups in total. The van der Waals surface area contributed by atoms with Gasteiger partial charge in [0.1, 0.15) is 5.76 Å². The van der Waals surface area contributed by atoms with Crippen LogP contribution < -0.4 is 5.32 Å². The van der Waals surface area contributed by atoms with Crippen LogP contribution in [0.3, 0.4) is 0 Å². The monoisotopic (exact) mass is 286 g/mol. The van der Waals surface area contributed by atoms with Gasteiger partial charge in [0.25, 0.3) is 5.91 Å². The first-order valence-corrected chi connectivity index (χ1v) is 6.26. The lowest BCUT2D eigenvalue weighted by Gasteiger charge is -2.01. The van der Waals surface area contributed by atoms with Crippen molar-refractivity contribution in [3.8, 4) is 0 Å². The van der Waals surface area contributed by atoms with Crippen LogP contribution in [0.1, 0.15) is 11.3 Å². The van der Waals surface area contributed by atoms with Gasteiger partial charge in [0.05, 0.1) is 0 Å². The highest BCUT2D eigenvalue weighted by molar-refractivity contribution is 5.94. The molecule has 0 saturated carbocycles. The molecule has 0 aliphatic carbocycles. The molecule has 1 aromatic heterocycles. The van der Waals surface area contributed by atoms with Crippen molar-refractivity contribution in [3.63, 3.8) is 0 Å². The summed E-state index contributed by atoms with van der Waals surface area (Å²) in [6.07, 6.45) is 2.88. The minimum Gasteiger partial charge on any atom is -0.452 e. The summed E-state index contributed by atoms with van der Waals surface area (Å²) in [6.45, 7) is 1.32. The number of ether oxygens (including phenoxy) is 1. The fourth-order valence-corrected chi connectivity index (χ4v) is 1.52. The van der Waals surface area contributed by atoms with Crippen molar-refractivity contribution in [2.75, 3.05) is 11.9 Å². The number of hydrogen-bond acceptors (Lipinski definition) is 5. The zero-order chi connectivity index (χ0) is 15.1. The van der Waals surface area contributed by atoms with Gasteiger partial charge < -0.3 is 14.6 Å². The zero-order valence-corrected chi connectivity index (χ0v) is 11.4. The summed E-state index contributed by atoms with van der Waals surface area (Å²) >= 11 is 0. The lowest BCUT2D eigenvalue weighted by molar-refractivity contribution is -0.142. The van der Waals surface area contributed by atoms with E-state index in [-0.39, 0.29) is 12.4 Å². The van der Waals surface area contributed by atoms with Crippen LogP contribution in [0.4, 0.5) is 5.82 Å². The molecule has 21 heavy (non-hydrogen) atoms. The largest absolute Gasteiger partial charge is 0.452 e. The maximum atomic E-state index is 11.5. The van der Waals surface area contributed by atoms with E-state index in [1.807, 2.05) is 30.3 Å². The van der Waals surface area contributed by atoms with E-state index in [2.05, 4.69) is 10.5 Å². The number of aryl methyl sites for hydroxylation is 1. The van der Waals surface area contributed by atoms with Gasteiger partial charge in [-0.25, -0.2) is 4.79 Å². The Labute approximate surface area is 121 Å². The maximum absolute atomic E-state index is 11.5. The van der Waals surface area contributed by atoms with Gasteiger partial charge in [0.2, 0.25) is 0 Å². The number of rotatable bonds is 5. The molecule has 0 spiro atoms. The Bertz CT molecular complexity index is 647. The topological polar surface area (TPSA) is 81.4 Å². The third kappa shape index (κ3) is 4.94. The summed E-state index contributed by atoms with van der Waals surface area (Å²) in [7, 11) is 0. The number of hydrogen-bond donors (Lipinski definition) is 1. The van der Waals surface area contributed by atoms with E-state index in [1.54, 1.807) is 19.1 Å². The molecule has 2 rings (SSSR count). The number of benzene rings is 1. The van der Waals surface area contributed by atoms with Crippen molar-refractivity contribution < 1.29 is 18.8 Å². The van der Waals surface area contributed by atoms with E-state index in [9.17, 15) is 9.59 Å². The van der Waals surface area contributed by atoms with Gasteiger partial charge in [-0.3, -0.25) is 4.79 Å². The van der Waals surface area contributed by atoms with Gasteiger partial charge in [-0.05, 0) is 18.6 Å². The maximum Gasteiger partial charge on any atom is 0.331 e. The smallest absolute Gasteiger partial charge is 0.331 e. The van der Waals surface area contributed by atoms with Crippen LogP contribution in [0.15, 0.2) is 47.0 Å². The summed E-state index contributed by atoms with van der Waals surface area (Å²) < 4.78 is 9.60. The predicted molar refractivity (Wildman–Crippen MR) is 76.3 cm³/mol. The molecule has 1 amide bonds. The standard InChI is InChI=1S/C15H14N2O4/c1-11-9-13(17-21-11)16-14(18)10-20-15(19)8-7-12-5-3-2-4-6-12/h2-9H,10H2,1H3,(H,16,17,18)/b8-7+. The molecule has 2 aromatic rings. The molecule has 0 radical (unpaired) electrons. The highest BCUT2D eigenvalue weighted by Gasteiger charge is 2.08. The zero-order valence-electron chi connectivity index (χ0n) is 11.4. The molecule has 0 bridgehead atoms. The third-order valence-electron chi connectivity index (χ3n) is 2.45. The highest BCUT2D eigenvalue weighted by atomic mass is 16.5. The fourth-order valence-electron chi connectivity index (χ4n) is 1.52. The molecular weight excluding hydrogens is 272 g/mol. The number of carbonyl (C=O) groups is 2. The average Bonchev–Trinajstić information content (AvgIpc) is 2.89. The SMILES string of the molecule is Cc1cc(NC(=O)COC(=O)/C=C/c2ccccc2)no1. The highest BCUT2D eigenvalue weighted by Crippen LogP contribution is 2.06. The summed E-state index contributed by atoms with van der Waals surface area (Å²) in [5, 5.41) is 6.04. The lowest BCUT2D eigenvalue weighted by Crippen LogP contribution is -2.20. The van der Waals surface area contributed by atoms with Crippen LogP contribution in [0.5, 0.6) is 0 Å². The molecule has 108 valence electrons. The van der Waals surface area contributed by atoms with Crippen LogP contribution in [0.2, 0.25) is 0 Å². The van der Waals surface area contributed by atoms with Crippen molar-refractivity contribution in [2.45, 2.75) is 6.92 Å². The molecule has 1 heterocycles.